The number of sulfonamides is 2. The number of rotatable bonds is 9. The van der Waals surface area contributed by atoms with E-state index in [-0.39, 0.29) is 33.4 Å². The highest BCUT2D eigenvalue weighted by atomic mass is 35.5. The number of anilines is 1. The average molecular weight is 623 g/mol. The fourth-order valence-corrected chi connectivity index (χ4v) is 6.40. The predicted molar refractivity (Wildman–Crippen MR) is 151 cm³/mol. The first kappa shape index (κ1) is 30.1. The third-order valence-electron chi connectivity index (χ3n) is 5.84. The van der Waals surface area contributed by atoms with Crippen LogP contribution in [-0.2, 0) is 24.8 Å². The number of carbonyl (C=O) groups is 2. The highest BCUT2D eigenvalue weighted by Gasteiger charge is 2.30. The lowest BCUT2D eigenvalue weighted by atomic mass is 10.1. The van der Waals surface area contributed by atoms with Crippen LogP contribution in [0.4, 0.5) is 5.69 Å². The summed E-state index contributed by atoms with van der Waals surface area (Å²) in [5, 5.41) is 0.336. The van der Waals surface area contributed by atoms with E-state index in [1.807, 2.05) is 0 Å². The number of ether oxygens (including phenoxy) is 2. The molecule has 12 nitrogen and oxygen atoms in total. The summed E-state index contributed by atoms with van der Waals surface area (Å²) in [7, 11) is -8.23. The van der Waals surface area contributed by atoms with E-state index in [9.17, 15) is 26.4 Å². The van der Waals surface area contributed by atoms with Gasteiger partial charge in [-0.1, -0.05) is 37.6 Å². The number of benzene rings is 3. The molecule has 1 heterocycles. The van der Waals surface area contributed by atoms with E-state index in [0.29, 0.717) is 17.4 Å². The Bertz CT molecular complexity index is 1680. The van der Waals surface area contributed by atoms with Gasteiger partial charge in [-0.3, -0.25) is 25.2 Å². The molecule has 41 heavy (non-hydrogen) atoms. The predicted octanol–water partition coefficient (Wildman–Crippen LogP) is 2.68. The summed E-state index contributed by atoms with van der Waals surface area (Å²) in [6.45, 7) is 3.87. The van der Waals surface area contributed by atoms with E-state index in [4.69, 9.17) is 21.1 Å². The Morgan fingerprint density at radius 1 is 0.805 bits per heavy atom. The number of halogens is 1. The number of hydrazine groups is 1. The molecule has 2 amide bonds. The van der Waals surface area contributed by atoms with Crippen LogP contribution in [0, 0.1) is 5.92 Å². The largest absolute Gasteiger partial charge is 0.486 e. The molecule has 0 radical (unpaired) electrons. The van der Waals surface area contributed by atoms with Gasteiger partial charge in [0.05, 0.1) is 15.5 Å². The molecular weight excluding hydrogens is 596 g/mol. The van der Waals surface area contributed by atoms with Gasteiger partial charge in [0.2, 0.25) is 10.0 Å². The van der Waals surface area contributed by atoms with Crippen LogP contribution in [0.25, 0.3) is 0 Å². The molecule has 0 fully saturated rings. The van der Waals surface area contributed by atoms with Gasteiger partial charge in [-0.25, -0.2) is 16.8 Å². The van der Waals surface area contributed by atoms with Crippen LogP contribution in [0.3, 0.4) is 0 Å². The van der Waals surface area contributed by atoms with Gasteiger partial charge in [0.1, 0.15) is 19.3 Å². The zero-order chi connectivity index (χ0) is 29.8. The average Bonchev–Trinajstić information content (AvgIpc) is 2.94. The molecule has 3 aromatic carbocycles. The molecule has 0 aromatic heterocycles. The van der Waals surface area contributed by atoms with Crippen molar-refractivity contribution in [1.82, 2.24) is 15.6 Å². The molecule has 0 spiro atoms. The van der Waals surface area contributed by atoms with Crippen molar-refractivity contribution < 1.29 is 35.9 Å². The summed E-state index contributed by atoms with van der Waals surface area (Å²) in [6.07, 6.45) is 0. The fourth-order valence-electron chi connectivity index (χ4n) is 3.76. The van der Waals surface area contributed by atoms with E-state index < -0.39 is 43.8 Å². The summed E-state index contributed by atoms with van der Waals surface area (Å²) in [4.78, 5) is 25.3. The zero-order valence-electron chi connectivity index (χ0n) is 21.9. The molecule has 0 bridgehead atoms. The molecule has 1 aliphatic rings. The van der Waals surface area contributed by atoms with Gasteiger partial charge < -0.3 is 9.47 Å². The van der Waals surface area contributed by atoms with Gasteiger partial charge in [0.15, 0.2) is 11.5 Å². The molecule has 0 saturated heterocycles. The monoisotopic (exact) mass is 622 g/mol. The minimum atomic E-state index is -4.17. The lowest BCUT2D eigenvalue weighted by molar-refractivity contribution is -0.124. The third kappa shape index (κ3) is 7.47. The number of hydrogen-bond acceptors (Lipinski definition) is 8. The van der Waals surface area contributed by atoms with Crippen LogP contribution < -0.4 is 29.8 Å². The van der Waals surface area contributed by atoms with Crippen molar-refractivity contribution in [1.29, 1.82) is 0 Å². The maximum absolute atomic E-state index is 13.0. The van der Waals surface area contributed by atoms with Crippen LogP contribution in [0.5, 0.6) is 11.5 Å². The number of hydrogen-bond donors (Lipinski definition) is 4. The van der Waals surface area contributed by atoms with Gasteiger partial charge >= 0.3 is 0 Å². The Balaban J connectivity index is 1.42. The van der Waals surface area contributed by atoms with Crippen molar-refractivity contribution in [3.05, 3.63) is 77.3 Å². The van der Waals surface area contributed by atoms with Crippen LogP contribution in [0.2, 0.25) is 5.02 Å². The molecule has 0 saturated carbocycles. The van der Waals surface area contributed by atoms with Crippen molar-refractivity contribution >= 4 is 49.1 Å². The molecular formula is C26H27ClN4O8S2. The van der Waals surface area contributed by atoms with Gasteiger partial charge in [-0.15, -0.1) is 0 Å². The highest BCUT2D eigenvalue weighted by Crippen LogP contribution is 2.32. The van der Waals surface area contributed by atoms with Gasteiger partial charge in [0.25, 0.3) is 21.8 Å². The minimum Gasteiger partial charge on any atom is -0.486 e. The van der Waals surface area contributed by atoms with Gasteiger partial charge in [0, 0.05) is 16.7 Å². The van der Waals surface area contributed by atoms with Crippen LogP contribution in [-0.4, -0.2) is 47.9 Å². The summed E-state index contributed by atoms with van der Waals surface area (Å²) in [5.74, 6) is -1.49. The lowest BCUT2D eigenvalue weighted by Crippen LogP contribution is -2.54. The van der Waals surface area contributed by atoms with Gasteiger partial charge in [-0.05, 0) is 54.4 Å². The lowest BCUT2D eigenvalue weighted by Gasteiger charge is -2.23. The normalized spacial score (nSPS) is 13.8. The first-order valence-corrected chi connectivity index (χ1v) is 15.6. The SMILES string of the molecule is CC(C)[C@H](NS(=O)(=O)c1ccc2c(c1)OCCO2)C(=O)NNC(=O)c1cccc(S(=O)(=O)Nc2cccc(Cl)c2)c1. The molecule has 0 unspecified atom stereocenters. The number of amides is 2. The molecule has 4 rings (SSSR count). The Morgan fingerprint density at radius 2 is 1.49 bits per heavy atom. The maximum atomic E-state index is 13.0. The van der Waals surface area contributed by atoms with Gasteiger partial charge in [-0.2, -0.15) is 4.72 Å². The molecule has 218 valence electrons. The molecule has 4 N–H and O–H groups in total. The standard InChI is InChI=1S/C26H27ClN4O8S2/c1-16(2)24(31-41(36,37)21-9-10-22-23(15-21)39-12-11-38-22)26(33)29-28-25(32)17-5-3-8-20(13-17)40(34,35)30-19-7-4-6-18(27)14-19/h3-10,13-16,24,30-31H,11-12H2,1-2H3,(H,28,32)(H,29,33)/t24-/m0/s1. The Labute approximate surface area is 242 Å². The van der Waals surface area contributed by atoms with E-state index in [0.717, 1.165) is 6.07 Å². The van der Waals surface area contributed by atoms with Crippen LogP contribution in [0.15, 0.2) is 76.5 Å². The van der Waals surface area contributed by atoms with E-state index >= 15 is 0 Å². The number of fused-ring (bicyclic) bond motifs is 1. The summed E-state index contributed by atoms with van der Waals surface area (Å²) >= 11 is 5.91. The smallest absolute Gasteiger partial charge is 0.269 e. The minimum absolute atomic E-state index is 0.0720. The second kappa shape index (κ2) is 12.3. The second-order valence-electron chi connectivity index (χ2n) is 9.24. The Kier molecular flexibility index (Phi) is 9.07. The maximum Gasteiger partial charge on any atom is 0.269 e. The Morgan fingerprint density at radius 3 is 2.20 bits per heavy atom. The molecule has 15 heteroatoms. The van der Waals surface area contributed by atoms with Crippen molar-refractivity contribution in [3.8, 4) is 11.5 Å². The third-order valence-corrected chi connectivity index (χ3v) is 8.89. The number of carbonyl (C=O) groups excluding carboxylic acids is 2. The first-order valence-electron chi connectivity index (χ1n) is 12.3. The van der Waals surface area contributed by atoms with Crippen molar-refractivity contribution in [2.45, 2.75) is 29.7 Å². The van der Waals surface area contributed by atoms with E-state index in [2.05, 4.69) is 20.3 Å². The Hall–Kier alpha value is -3.85. The first-order chi connectivity index (χ1) is 19.4. The quantitative estimate of drug-likeness (QED) is 0.264. The number of nitrogens with one attached hydrogen (secondary N) is 4. The fraction of sp³-hybridized carbons (Fsp3) is 0.231. The zero-order valence-corrected chi connectivity index (χ0v) is 24.3. The highest BCUT2D eigenvalue weighted by molar-refractivity contribution is 7.92. The van der Waals surface area contributed by atoms with Crippen LogP contribution in [0.1, 0.15) is 24.2 Å². The molecule has 3 aromatic rings. The molecule has 1 atom stereocenters. The summed E-state index contributed by atoms with van der Waals surface area (Å²) in [5.41, 5.74) is 4.56. The van der Waals surface area contributed by atoms with E-state index in [1.165, 1.54) is 48.5 Å². The second-order valence-corrected chi connectivity index (χ2v) is 13.1. The summed E-state index contributed by atoms with van der Waals surface area (Å²) < 4.78 is 67.3. The molecule has 1 aliphatic heterocycles. The van der Waals surface area contributed by atoms with Crippen LogP contribution >= 0.6 is 11.6 Å². The van der Waals surface area contributed by atoms with Crippen molar-refractivity contribution in [2.24, 2.45) is 5.92 Å². The molecule has 0 aliphatic carbocycles. The topological polar surface area (TPSA) is 169 Å². The summed E-state index contributed by atoms with van der Waals surface area (Å²) in [6, 6.07) is 14.1. The van der Waals surface area contributed by atoms with Crippen molar-refractivity contribution in [3.63, 3.8) is 0 Å². The van der Waals surface area contributed by atoms with E-state index in [1.54, 1.807) is 26.0 Å². The van der Waals surface area contributed by atoms with Crippen molar-refractivity contribution in [2.75, 3.05) is 17.9 Å².